The lowest BCUT2D eigenvalue weighted by Crippen LogP contribution is -2.19. The molecular weight excluding hydrogens is 308 g/mol. The molecule has 2 unspecified atom stereocenters. The molecule has 104 valence electrons. The lowest BCUT2D eigenvalue weighted by molar-refractivity contribution is 0.0696. The third-order valence-corrected chi connectivity index (χ3v) is 4.32. The van der Waals surface area contributed by atoms with Gasteiger partial charge in [0.1, 0.15) is 5.75 Å². The van der Waals surface area contributed by atoms with Crippen molar-refractivity contribution in [2.24, 2.45) is 11.8 Å². The summed E-state index contributed by atoms with van der Waals surface area (Å²) in [5.74, 6) is 1.21. The van der Waals surface area contributed by atoms with Gasteiger partial charge in [0.15, 0.2) is 0 Å². The summed E-state index contributed by atoms with van der Waals surface area (Å²) in [5.41, 5.74) is 0.269. The first kappa shape index (κ1) is 14.4. The minimum absolute atomic E-state index is 0.269. The minimum Gasteiger partial charge on any atom is -0.492 e. The van der Waals surface area contributed by atoms with E-state index in [1.807, 2.05) is 0 Å². The van der Waals surface area contributed by atoms with E-state index in [0.717, 1.165) is 18.3 Å². The van der Waals surface area contributed by atoms with Gasteiger partial charge in [-0.1, -0.05) is 19.8 Å². The van der Waals surface area contributed by atoms with Gasteiger partial charge in [0.05, 0.1) is 16.6 Å². The first-order chi connectivity index (χ1) is 9.06. The molecule has 0 aliphatic heterocycles. The van der Waals surface area contributed by atoms with Crippen LogP contribution in [-0.4, -0.2) is 17.7 Å². The molecule has 1 aromatic carbocycles. The molecule has 0 amide bonds. The van der Waals surface area contributed by atoms with E-state index >= 15 is 0 Å². The first-order valence-electron chi connectivity index (χ1n) is 6.72. The fourth-order valence-electron chi connectivity index (χ4n) is 2.67. The lowest BCUT2D eigenvalue weighted by Gasteiger charge is -2.26. The maximum atomic E-state index is 10.8. The van der Waals surface area contributed by atoms with E-state index in [-0.39, 0.29) is 5.56 Å². The summed E-state index contributed by atoms with van der Waals surface area (Å²) in [6, 6.07) is 4.88. The van der Waals surface area contributed by atoms with Gasteiger partial charge >= 0.3 is 5.97 Å². The molecule has 0 radical (unpaired) electrons. The Hall–Kier alpha value is -1.03. The summed E-state index contributed by atoms with van der Waals surface area (Å²) in [4.78, 5) is 10.8. The SMILES string of the molecule is CC1CCCC(COc2ccc(C(=O)O)cc2Br)C1. The third-order valence-electron chi connectivity index (χ3n) is 3.70. The normalized spacial score (nSPS) is 23.1. The summed E-state index contributed by atoms with van der Waals surface area (Å²) in [5, 5.41) is 8.90. The van der Waals surface area contributed by atoms with Crippen molar-refractivity contribution in [3.05, 3.63) is 28.2 Å². The van der Waals surface area contributed by atoms with Crippen LogP contribution in [0.25, 0.3) is 0 Å². The van der Waals surface area contributed by atoms with E-state index in [1.165, 1.54) is 25.7 Å². The minimum atomic E-state index is -0.923. The quantitative estimate of drug-likeness (QED) is 0.894. The topological polar surface area (TPSA) is 46.5 Å². The molecule has 0 aromatic heterocycles. The van der Waals surface area contributed by atoms with Crippen LogP contribution in [0.3, 0.4) is 0 Å². The smallest absolute Gasteiger partial charge is 0.335 e. The van der Waals surface area contributed by atoms with Crippen LogP contribution in [0, 0.1) is 11.8 Å². The van der Waals surface area contributed by atoms with Crippen molar-refractivity contribution in [2.75, 3.05) is 6.61 Å². The molecule has 2 rings (SSSR count). The van der Waals surface area contributed by atoms with Crippen LogP contribution < -0.4 is 4.74 Å². The van der Waals surface area contributed by atoms with Gasteiger partial charge in [0, 0.05) is 0 Å². The van der Waals surface area contributed by atoms with Crippen molar-refractivity contribution in [1.29, 1.82) is 0 Å². The monoisotopic (exact) mass is 326 g/mol. The zero-order valence-corrected chi connectivity index (χ0v) is 12.6. The summed E-state index contributed by atoms with van der Waals surface area (Å²) < 4.78 is 6.52. The van der Waals surface area contributed by atoms with Crippen molar-refractivity contribution >= 4 is 21.9 Å². The fraction of sp³-hybridized carbons (Fsp3) is 0.533. The molecule has 0 spiro atoms. The highest BCUT2D eigenvalue weighted by molar-refractivity contribution is 9.10. The summed E-state index contributed by atoms with van der Waals surface area (Å²) >= 11 is 3.36. The molecule has 2 atom stereocenters. The molecule has 1 aliphatic carbocycles. The van der Waals surface area contributed by atoms with Crippen molar-refractivity contribution in [3.8, 4) is 5.75 Å². The highest BCUT2D eigenvalue weighted by atomic mass is 79.9. The third kappa shape index (κ3) is 3.96. The highest BCUT2D eigenvalue weighted by Gasteiger charge is 2.19. The van der Waals surface area contributed by atoms with Crippen LogP contribution in [0.15, 0.2) is 22.7 Å². The van der Waals surface area contributed by atoms with Gasteiger partial charge in [0.2, 0.25) is 0 Å². The van der Waals surface area contributed by atoms with Crippen molar-refractivity contribution < 1.29 is 14.6 Å². The summed E-state index contributed by atoms with van der Waals surface area (Å²) in [6.07, 6.45) is 5.07. The number of carboxylic acids is 1. The predicted molar refractivity (Wildman–Crippen MR) is 77.7 cm³/mol. The van der Waals surface area contributed by atoms with Crippen LogP contribution in [0.4, 0.5) is 0 Å². The largest absolute Gasteiger partial charge is 0.492 e. The second-order valence-corrected chi connectivity index (χ2v) is 6.25. The second kappa shape index (κ2) is 6.42. The van der Waals surface area contributed by atoms with Gasteiger partial charge in [0.25, 0.3) is 0 Å². The van der Waals surface area contributed by atoms with Crippen LogP contribution in [0.5, 0.6) is 5.75 Å². The molecule has 1 aliphatic rings. The predicted octanol–water partition coefficient (Wildman–Crippen LogP) is 4.35. The average molecular weight is 327 g/mol. The highest BCUT2D eigenvalue weighted by Crippen LogP contribution is 2.31. The number of hydrogen-bond donors (Lipinski definition) is 1. The molecule has 4 heteroatoms. The van der Waals surface area contributed by atoms with Crippen molar-refractivity contribution in [3.63, 3.8) is 0 Å². The first-order valence-corrected chi connectivity index (χ1v) is 7.51. The molecule has 3 nitrogen and oxygen atoms in total. The van der Waals surface area contributed by atoms with Crippen molar-refractivity contribution in [1.82, 2.24) is 0 Å². The van der Waals surface area contributed by atoms with E-state index in [1.54, 1.807) is 18.2 Å². The Labute approximate surface area is 122 Å². The molecule has 0 heterocycles. The zero-order chi connectivity index (χ0) is 13.8. The van der Waals surface area contributed by atoms with E-state index in [9.17, 15) is 4.79 Å². The Bertz CT molecular complexity index is 459. The van der Waals surface area contributed by atoms with Crippen LogP contribution in [0.2, 0.25) is 0 Å². The number of carboxylic acid groups (broad SMARTS) is 1. The van der Waals surface area contributed by atoms with Crippen molar-refractivity contribution in [2.45, 2.75) is 32.6 Å². The lowest BCUT2D eigenvalue weighted by atomic mass is 9.83. The maximum Gasteiger partial charge on any atom is 0.335 e. The van der Waals surface area contributed by atoms with Gasteiger partial charge in [-0.3, -0.25) is 0 Å². The number of rotatable bonds is 4. The Morgan fingerprint density at radius 2 is 2.26 bits per heavy atom. The van der Waals surface area contributed by atoms with Crippen LogP contribution >= 0.6 is 15.9 Å². The molecule has 0 saturated heterocycles. The molecule has 0 bridgehead atoms. The molecule has 19 heavy (non-hydrogen) atoms. The zero-order valence-electron chi connectivity index (χ0n) is 11.1. The molecule has 1 saturated carbocycles. The fourth-order valence-corrected chi connectivity index (χ4v) is 3.16. The van der Waals surface area contributed by atoms with Crippen LogP contribution in [0.1, 0.15) is 43.0 Å². The Balaban J connectivity index is 1.94. The molecule has 1 aromatic rings. The molecule has 1 N–H and O–H groups in total. The van der Waals surface area contributed by atoms with Gasteiger partial charge in [-0.05, 0) is 58.8 Å². The Morgan fingerprint density at radius 1 is 1.47 bits per heavy atom. The van der Waals surface area contributed by atoms with E-state index in [4.69, 9.17) is 9.84 Å². The van der Waals surface area contributed by atoms with Gasteiger partial charge < -0.3 is 9.84 Å². The molecule has 1 fully saturated rings. The summed E-state index contributed by atoms with van der Waals surface area (Å²) in [6.45, 7) is 3.01. The van der Waals surface area contributed by atoms with Crippen LogP contribution in [-0.2, 0) is 0 Å². The number of hydrogen-bond acceptors (Lipinski definition) is 2. The Morgan fingerprint density at radius 3 is 2.89 bits per heavy atom. The number of carbonyl (C=O) groups is 1. The maximum absolute atomic E-state index is 10.8. The van der Waals surface area contributed by atoms with Gasteiger partial charge in [-0.25, -0.2) is 4.79 Å². The number of halogens is 1. The number of ether oxygens (including phenoxy) is 1. The van der Waals surface area contributed by atoms with E-state index in [0.29, 0.717) is 10.4 Å². The molecular formula is C15H19BrO3. The number of benzene rings is 1. The van der Waals surface area contributed by atoms with Gasteiger partial charge in [-0.15, -0.1) is 0 Å². The standard InChI is InChI=1S/C15H19BrO3/c1-10-3-2-4-11(7-10)9-19-14-6-5-12(15(17)18)8-13(14)16/h5-6,8,10-11H,2-4,7,9H2,1H3,(H,17,18). The average Bonchev–Trinajstić information content (AvgIpc) is 2.37. The van der Waals surface area contributed by atoms with E-state index in [2.05, 4.69) is 22.9 Å². The van der Waals surface area contributed by atoms with E-state index < -0.39 is 5.97 Å². The Kier molecular flexibility index (Phi) is 4.86. The van der Waals surface area contributed by atoms with Gasteiger partial charge in [-0.2, -0.15) is 0 Å². The summed E-state index contributed by atoms with van der Waals surface area (Å²) in [7, 11) is 0. The second-order valence-electron chi connectivity index (χ2n) is 5.40. The number of aromatic carboxylic acids is 1.